The predicted molar refractivity (Wildman–Crippen MR) is 84.1 cm³/mol. The first-order chi connectivity index (χ1) is 9.93. The lowest BCUT2D eigenvalue weighted by atomic mass is 10.3. The number of hydrogen-bond donors (Lipinski definition) is 0. The van der Waals surface area contributed by atoms with E-state index in [1.165, 1.54) is 0 Å². The summed E-state index contributed by atoms with van der Waals surface area (Å²) in [5.74, 6) is -0.290. The van der Waals surface area contributed by atoms with Gasteiger partial charge in [-0.1, -0.05) is 6.07 Å². The van der Waals surface area contributed by atoms with Gasteiger partial charge in [0.05, 0.1) is 26.2 Å². The molecule has 1 amide bonds. The molecule has 6 heteroatoms. The fourth-order valence-electron chi connectivity index (χ4n) is 1.81. The van der Waals surface area contributed by atoms with E-state index in [2.05, 4.69) is 0 Å². The van der Waals surface area contributed by atoms with Crippen LogP contribution >= 0.6 is 11.3 Å². The van der Waals surface area contributed by atoms with E-state index in [0.29, 0.717) is 13.2 Å². The molecule has 0 unspecified atom stereocenters. The van der Waals surface area contributed by atoms with Crippen molar-refractivity contribution < 1.29 is 14.3 Å². The van der Waals surface area contributed by atoms with E-state index >= 15 is 0 Å². The van der Waals surface area contributed by atoms with Gasteiger partial charge in [-0.2, -0.15) is 0 Å². The molecule has 21 heavy (non-hydrogen) atoms. The highest BCUT2D eigenvalue weighted by Gasteiger charge is 2.20. The molecule has 118 valence electrons. The van der Waals surface area contributed by atoms with Gasteiger partial charge in [-0.25, -0.2) is 0 Å². The number of nitrogens with zero attached hydrogens (tertiary/aromatic N) is 2. The van der Waals surface area contributed by atoms with Gasteiger partial charge in [0.1, 0.15) is 0 Å². The molecule has 0 atom stereocenters. The average molecular weight is 312 g/mol. The van der Waals surface area contributed by atoms with Gasteiger partial charge in [0.15, 0.2) is 0 Å². The van der Waals surface area contributed by atoms with Gasteiger partial charge >= 0.3 is 5.97 Å². The summed E-state index contributed by atoms with van der Waals surface area (Å²) in [7, 11) is 1.78. The lowest BCUT2D eigenvalue weighted by Gasteiger charge is -2.27. The third kappa shape index (κ3) is 6.27. The van der Waals surface area contributed by atoms with Crippen molar-refractivity contribution in [3.8, 4) is 0 Å². The number of rotatable bonds is 8. The van der Waals surface area contributed by atoms with E-state index in [-0.39, 0.29) is 31.0 Å². The van der Waals surface area contributed by atoms with Crippen molar-refractivity contribution in [2.75, 3.05) is 26.7 Å². The first-order valence-electron chi connectivity index (χ1n) is 7.10. The zero-order valence-electron chi connectivity index (χ0n) is 13.2. The maximum atomic E-state index is 12.3. The minimum absolute atomic E-state index is 0.00129. The molecule has 0 aromatic carbocycles. The number of esters is 1. The van der Waals surface area contributed by atoms with Crippen LogP contribution in [0, 0.1) is 0 Å². The third-order valence-corrected chi connectivity index (χ3v) is 3.97. The summed E-state index contributed by atoms with van der Waals surface area (Å²) in [5, 5.41) is 1.99. The molecule has 0 fully saturated rings. The van der Waals surface area contributed by atoms with E-state index in [0.717, 1.165) is 4.88 Å². The number of hydrogen-bond acceptors (Lipinski definition) is 5. The molecule has 0 aliphatic rings. The Hall–Kier alpha value is -1.40. The van der Waals surface area contributed by atoms with Gasteiger partial charge in [-0.15, -0.1) is 11.3 Å². The summed E-state index contributed by atoms with van der Waals surface area (Å²) < 4.78 is 4.95. The number of carbonyl (C=O) groups is 2. The quantitative estimate of drug-likeness (QED) is 0.689. The summed E-state index contributed by atoms with van der Waals surface area (Å²) in [6.45, 7) is 7.02. The SMILES string of the molecule is CCOC(=O)CN(CC(=O)N(C)Cc1cccs1)C(C)C. The zero-order chi connectivity index (χ0) is 15.8. The number of likely N-dealkylation sites (N-methyl/N-ethyl adjacent to an activating group) is 1. The van der Waals surface area contributed by atoms with Crippen molar-refractivity contribution in [3.05, 3.63) is 22.4 Å². The van der Waals surface area contributed by atoms with Crippen molar-refractivity contribution in [1.82, 2.24) is 9.80 Å². The zero-order valence-corrected chi connectivity index (χ0v) is 14.0. The lowest BCUT2D eigenvalue weighted by molar-refractivity contribution is -0.145. The molecule has 1 aromatic rings. The fraction of sp³-hybridized carbons (Fsp3) is 0.600. The second-order valence-electron chi connectivity index (χ2n) is 5.13. The molecule has 0 spiro atoms. The Labute approximate surface area is 130 Å². The van der Waals surface area contributed by atoms with Crippen LogP contribution in [0.3, 0.4) is 0 Å². The fourth-order valence-corrected chi connectivity index (χ4v) is 2.57. The van der Waals surface area contributed by atoms with E-state index in [4.69, 9.17) is 4.74 Å². The van der Waals surface area contributed by atoms with Crippen LogP contribution in [0.15, 0.2) is 17.5 Å². The standard InChI is InChI=1S/C15H24N2O3S/c1-5-20-15(19)11-17(12(2)3)10-14(18)16(4)9-13-7-6-8-21-13/h6-8,12H,5,9-11H2,1-4H3. The molecule has 1 heterocycles. The minimum Gasteiger partial charge on any atom is -0.465 e. The highest BCUT2D eigenvalue weighted by atomic mass is 32.1. The first-order valence-corrected chi connectivity index (χ1v) is 7.98. The van der Waals surface area contributed by atoms with Crippen LogP contribution in [0.2, 0.25) is 0 Å². The molecule has 0 radical (unpaired) electrons. The van der Waals surface area contributed by atoms with Crippen LogP contribution in [0.5, 0.6) is 0 Å². The van der Waals surface area contributed by atoms with Crippen LogP contribution in [0.1, 0.15) is 25.6 Å². The van der Waals surface area contributed by atoms with Crippen molar-refractivity contribution in [2.45, 2.75) is 33.4 Å². The maximum absolute atomic E-state index is 12.3. The Balaban J connectivity index is 2.53. The first kappa shape index (κ1) is 17.7. The molecular formula is C15H24N2O3S. The van der Waals surface area contributed by atoms with Gasteiger partial charge in [0, 0.05) is 18.0 Å². The Morgan fingerprint density at radius 2 is 2.05 bits per heavy atom. The van der Waals surface area contributed by atoms with Crippen molar-refractivity contribution in [1.29, 1.82) is 0 Å². The molecule has 0 bridgehead atoms. The van der Waals surface area contributed by atoms with E-state index < -0.39 is 0 Å². The van der Waals surface area contributed by atoms with Crippen LogP contribution in [0.25, 0.3) is 0 Å². The summed E-state index contributed by atoms with van der Waals surface area (Å²) in [6, 6.07) is 4.08. The van der Waals surface area contributed by atoms with E-state index in [1.54, 1.807) is 30.2 Å². The van der Waals surface area contributed by atoms with Crippen molar-refractivity contribution in [2.24, 2.45) is 0 Å². The molecule has 0 saturated heterocycles. The van der Waals surface area contributed by atoms with E-state index in [1.807, 2.05) is 36.3 Å². The Morgan fingerprint density at radius 3 is 2.57 bits per heavy atom. The van der Waals surface area contributed by atoms with Gasteiger partial charge in [-0.3, -0.25) is 14.5 Å². The Morgan fingerprint density at radius 1 is 1.33 bits per heavy atom. The van der Waals surface area contributed by atoms with Crippen LogP contribution in [-0.4, -0.2) is 54.5 Å². The van der Waals surface area contributed by atoms with Gasteiger partial charge < -0.3 is 9.64 Å². The monoisotopic (exact) mass is 312 g/mol. The van der Waals surface area contributed by atoms with Gasteiger partial charge in [0.25, 0.3) is 0 Å². The van der Waals surface area contributed by atoms with E-state index in [9.17, 15) is 9.59 Å². The molecule has 5 nitrogen and oxygen atoms in total. The third-order valence-electron chi connectivity index (χ3n) is 3.11. The normalized spacial score (nSPS) is 11.0. The smallest absolute Gasteiger partial charge is 0.320 e. The molecule has 0 N–H and O–H groups in total. The summed E-state index contributed by atoms with van der Waals surface area (Å²) >= 11 is 1.63. The molecule has 0 aliphatic heterocycles. The second-order valence-corrected chi connectivity index (χ2v) is 6.17. The Bertz CT molecular complexity index is 446. The van der Waals surface area contributed by atoms with Crippen molar-refractivity contribution >= 4 is 23.2 Å². The van der Waals surface area contributed by atoms with Crippen LogP contribution in [-0.2, 0) is 20.9 Å². The number of carbonyl (C=O) groups excluding carboxylic acids is 2. The van der Waals surface area contributed by atoms with Crippen LogP contribution < -0.4 is 0 Å². The number of thiophene rings is 1. The highest BCUT2D eigenvalue weighted by Crippen LogP contribution is 2.11. The maximum Gasteiger partial charge on any atom is 0.320 e. The van der Waals surface area contributed by atoms with Gasteiger partial charge in [0.2, 0.25) is 5.91 Å². The summed E-state index contributed by atoms with van der Waals surface area (Å²) in [5.41, 5.74) is 0. The summed E-state index contributed by atoms with van der Waals surface area (Å²) in [4.78, 5) is 28.5. The lowest BCUT2D eigenvalue weighted by Crippen LogP contribution is -2.44. The van der Waals surface area contributed by atoms with Crippen LogP contribution in [0.4, 0.5) is 0 Å². The molecule has 1 aromatic heterocycles. The molecule has 1 rings (SSSR count). The Kier molecular flexibility index (Phi) is 7.39. The molecule has 0 saturated carbocycles. The second kappa shape index (κ2) is 8.79. The molecule has 0 aliphatic carbocycles. The minimum atomic E-state index is -0.292. The van der Waals surface area contributed by atoms with Crippen molar-refractivity contribution in [3.63, 3.8) is 0 Å². The molecular weight excluding hydrogens is 288 g/mol. The summed E-state index contributed by atoms with van der Waals surface area (Å²) in [6.07, 6.45) is 0. The average Bonchev–Trinajstić information content (AvgIpc) is 2.90. The largest absolute Gasteiger partial charge is 0.465 e. The number of ether oxygens (including phenoxy) is 1. The predicted octanol–water partition coefficient (Wildman–Crippen LogP) is 1.98. The topological polar surface area (TPSA) is 49.9 Å². The number of amides is 1. The van der Waals surface area contributed by atoms with Gasteiger partial charge in [-0.05, 0) is 32.2 Å². The highest BCUT2D eigenvalue weighted by molar-refractivity contribution is 7.09.